The third-order valence-electron chi connectivity index (χ3n) is 6.17. The van der Waals surface area contributed by atoms with Crippen molar-refractivity contribution in [3.8, 4) is 5.69 Å². The van der Waals surface area contributed by atoms with Crippen LogP contribution >= 0.6 is 0 Å². The van der Waals surface area contributed by atoms with Crippen LogP contribution in [-0.2, 0) is 5.41 Å². The molecule has 1 aromatic heterocycles. The summed E-state index contributed by atoms with van der Waals surface area (Å²) in [6.07, 6.45) is 0. The minimum absolute atomic E-state index is 0.00369. The molecule has 2 heterocycles. The largest absolute Gasteiger partial charge is 0.308 e. The first-order chi connectivity index (χ1) is 12.7. The van der Waals surface area contributed by atoms with Crippen LogP contribution in [-0.4, -0.2) is 4.57 Å². The van der Waals surface area contributed by atoms with Crippen molar-refractivity contribution in [1.29, 1.82) is 0 Å². The second kappa shape index (κ2) is 4.56. The van der Waals surface area contributed by atoms with Gasteiger partial charge in [0.05, 0.1) is 16.7 Å². The number of nitrogens with zero attached hydrogens (tertiary/aromatic N) is 1. The molecule has 1 heteroatoms. The van der Waals surface area contributed by atoms with Crippen molar-refractivity contribution < 1.29 is 0 Å². The molecule has 0 fully saturated rings. The Bertz CT molecular complexity index is 1350. The van der Waals surface area contributed by atoms with Gasteiger partial charge in [-0.1, -0.05) is 86.6 Å². The number of aromatic nitrogens is 1. The van der Waals surface area contributed by atoms with Gasteiger partial charge in [-0.15, -0.1) is 0 Å². The number of hydrogen-bond acceptors (Lipinski definition) is 0. The third kappa shape index (κ3) is 1.52. The summed E-state index contributed by atoms with van der Waals surface area (Å²) < 4.78 is 2.50. The normalized spacial score (nSPS) is 14.8. The zero-order chi connectivity index (χ0) is 17.5. The number of rotatable bonds is 0. The summed E-state index contributed by atoms with van der Waals surface area (Å²) in [5, 5.41) is 5.31. The van der Waals surface area contributed by atoms with Crippen LogP contribution in [0, 0.1) is 0 Å². The minimum Gasteiger partial charge on any atom is -0.308 e. The molecule has 26 heavy (non-hydrogen) atoms. The van der Waals surface area contributed by atoms with Crippen LogP contribution in [0.1, 0.15) is 25.0 Å². The highest BCUT2D eigenvalue weighted by Crippen LogP contribution is 2.48. The second-order valence-corrected chi connectivity index (χ2v) is 7.86. The van der Waals surface area contributed by atoms with Crippen LogP contribution in [0.2, 0.25) is 0 Å². The molecule has 0 amide bonds. The molecule has 0 radical (unpaired) electrons. The van der Waals surface area contributed by atoms with Gasteiger partial charge < -0.3 is 4.57 Å². The summed E-state index contributed by atoms with van der Waals surface area (Å²) in [5.41, 5.74) is 6.80. The van der Waals surface area contributed by atoms with Crippen molar-refractivity contribution in [2.24, 2.45) is 0 Å². The Kier molecular flexibility index (Phi) is 2.48. The van der Waals surface area contributed by atoms with Gasteiger partial charge >= 0.3 is 0 Å². The molecule has 1 aliphatic rings. The molecule has 6 rings (SSSR count). The molecule has 0 saturated carbocycles. The topological polar surface area (TPSA) is 4.93 Å². The molecule has 4 aromatic carbocycles. The van der Waals surface area contributed by atoms with Crippen molar-refractivity contribution in [2.75, 3.05) is 0 Å². The van der Waals surface area contributed by atoms with Crippen molar-refractivity contribution in [1.82, 2.24) is 4.57 Å². The molecule has 0 aliphatic carbocycles. The number of benzene rings is 4. The van der Waals surface area contributed by atoms with Crippen molar-refractivity contribution in [2.45, 2.75) is 19.3 Å². The number of fused-ring (bicyclic) bond motifs is 7. The summed E-state index contributed by atoms with van der Waals surface area (Å²) in [6, 6.07) is 28.9. The quantitative estimate of drug-likeness (QED) is 0.302. The Labute approximate surface area is 152 Å². The van der Waals surface area contributed by atoms with Gasteiger partial charge in [0.15, 0.2) is 0 Å². The van der Waals surface area contributed by atoms with E-state index in [4.69, 9.17) is 0 Å². The zero-order valence-electron chi connectivity index (χ0n) is 15.0. The van der Waals surface area contributed by atoms with Gasteiger partial charge in [-0.2, -0.15) is 0 Å². The number of hydrogen-bond donors (Lipinski definition) is 0. The van der Waals surface area contributed by atoms with Crippen LogP contribution in [0.5, 0.6) is 0 Å². The van der Waals surface area contributed by atoms with Gasteiger partial charge in [-0.25, -0.2) is 0 Å². The second-order valence-electron chi connectivity index (χ2n) is 7.86. The molecule has 0 bridgehead atoms. The first-order valence-electron chi connectivity index (χ1n) is 9.23. The standard InChI is InChI=1S/C25H19N/c1-25(2)20-11-5-6-13-22(20)26-23-17-9-4-3-8-16(17)14-15-19(23)18-10-7-12-21(25)24(18)26/h3-15H,1-2H3. The SMILES string of the molecule is CC1(C)c2ccccc2-n2c3c1cccc3c1ccc3ccccc3c12. The Balaban J connectivity index is 2.00. The molecule has 5 aromatic rings. The predicted molar refractivity (Wildman–Crippen MR) is 110 cm³/mol. The van der Waals surface area contributed by atoms with Crippen LogP contribution in [0.25, 0.3) is 38.3 Å². The maximum Gasteiger partial charge on any atom is 0.0619 e. The fourth-order valence-corrected chi connectivity index (χ4v) is 4.91. The maximum absolute atomic E-state index is 2.50. The van der Waals surface area contributed by atoms with E-state index in [-0.39, 0.29) is 5.41 Å². The fraction of sp³-hybridized carbons (Fsp3) is 0.120. The summed E-state index contributed by atoms with van der Waals surface area (Å²) in [5.74, 6) is 0. The van der Waals surface area contributed by atoms with E-state index >= 15 is 0 Å². The van der Waals surface area contributed by atoms with Crippen molar-refractivity contribution >= 4 is 32.6 Å². The summed E-state index contributed by atoms with van der Waals surface area (Å²) in [4.78, 5) is 0. The van der Waals surface area contributed by atoms with E-state index in [0.29, 0.717) is 0 Å². The minimum atomic E-state index is -0.00369. The van der Waals surface area contributed by atoms with Gasteiger partial charge in [0.2, 0.25) is 0 Å². The van der Waals surface area contributed by atoms with Gasteiger partial charge in [0.1, 0.15) is 0 Å². The van der Waals surface area contributed by atoms with Crippen molar-refractivity contribution in [3.05, 3.63) is 90.0 Å². The third-order valence-corrected chi connectivity index (χ3v) is 6.17. The highest BCUT2D eigenvalue weighted by molar-refractivity contribution is 6.19. The molecule has 0 saturated heterocycles. The highest BCUT2D eigenvalue weighted by atomic mass is 15.0. The molecule has 0 spiro atoms. The molecule has 0 N–H and O–H groups in total. The van der Waals surface area contributed by atoms with Crippen LogP contribution in [0.3, 0.4) is 0 Å². The smallest absolute Gasteiger partial charge is 0.0619 e. The first-order valence-corrected chi connectivity index (χ1v) is 9.23. The van der Waals surface area contributed by atoms with Crippen LogP contribution in [0.4, 0.5) is 0 Å². The van der Waals surface area contributed by atoms with Crippen LogP contribution in [0.15, 0.2) is 78.9 Å². The lowest BCUT2D eigenvalue weighted by molar-refractivity contribution is 0.630. The van der Waals surface area contributed by atoms with Gasteiger partial charge in [-0.05, 0) is 22.6 Å². The molecule has 124 valence electrons. The van der Waals surface area contributed by atoms with Gasteiger partial charge in [0.25, 0.3) is 0 Å². The summed E-state index contributed by atoms with van der Waals surface area (Å²) in [7, 11) is 0. The van der Waals surface area contributed by atoms with Gasteiger partial charge in [0, 0.05) is 21.6 Å². The monoisotopic (exact) mass is 333 g/mol. The van der Waals surface area contributed by atoms with E-state index in [2.05, 4.69) is 97.3 Å². The molecule has 1 nitrogen and oxygen atoms in total. The lowest BCUT2D eigenvalue weighted by Gasteiger charge is -2.34. The average Bonchev–Trinajstić information content (AvgIpc) is 3.02. The fourth-order valence-electron chi connectivity index (χ4n) is 4.91. The molecular weight excluding hydrogens is 314 g/mol. The van der Waals surface area contributed by atoms with Crippen LogP contribution < -0.4 is 0 Å². The van der Waals surface area contributed by atoms with E-state index in [1.807, 2.05) is 0 Å². The lowest BCUT2D eigenvalue weighted by Crippen LogP contribution is -2.26. The zero-order valence-corrected chi connectivity index (χ0v) is 15.0. The Hall–Kier alpha value is -3.06. The lowest BCUT2D eigenvalue weighted by atomic mass is 9.75. The molecule has 0 atom stereocenters. The maximum atomic E-state index is 2.50. The Morgan fingerprint density at radius 2 is 1.27 bits per heavy atom. The predicted octanol–water partition coefficient (Wildman–Crippen LogP) is 6.58. The van der Waals surface area contributed by atoms with E-state index < -0.39 is 0 Å². The average molecular weight is 333 g/mol. The highest BCUT2D eigenvalue weighted by Gasteiger charge is 2.34. The summed E-state index contributed by atoms with van der Waals surface area (Å²) >= 11 is 0. The van der Waals surface area contributed by atoms with Gasteiger partial charge in [-0.3, -0.25) is 0 Å². The van der Waals surface area contributed by atoms with E-state index in [0.717, 1.165) is 0 Å². The first kappa shape index (κ1) is 14.1. The summed E-state index contributed by atoms with van der Waals surface area (Å²) in [6.45, 7) is 4.69. The molecule has 0 unspecified atom stereocenters. The molecular formula is C25H19N. The van der Waals surface area contributed by atoms with E-state index in [9.17, 15) is 0 Å². The van der Waals surface area contributed by atoms with E-state index in [1.54, 1.807) is 0 Å². The van der Waals surface area contributed by atoms with E-state index in [1.165, 1.54) is 49.4 Å². The van der Waals surface area contributed by atoms with Crippen molar-refractivity contribution in [3.63, 3.8) is 0 Å². The molecule has 1 aliphatic heterocycles. The Morgan fingerprint density at radius 1 is 0.577 bits per heavy atom. The number of para-hydroxylation sites is 2. The Morgan fingerprint density at radius 3 is 2.19 bits per heavy atom.